The van der Waals surface area contributed by atoms with Crippen LogP contribution >= 0.6 is 0 Å². The second-order valence-corrected chi connectivity index (χ2v) is 6.37. The third-order valence-electron chi connectivity index (χ3n) is 4.59. The van der Waals surface area contributed by atoms with E-state index < -0.39 is 11.9 Å². The molecule has 146 valence electrons. The molecule has 0 aliphatic rings. The van der Waals surface area contributed by atoms with Crippen molar-refractivity contribution >= 4 is 17.6 Å². The number of rotatable bonds is 7. The van der Waals surface area contributed by atoms with Crippen molar-refractivity contribution < 1.29 is 23.4 Å². The number of amides is 1. The van der Waals surface area contributed by atoms with Crippen molar-refractivity contribution in [2.75, 3.05) is 19.1 Å². The molecule has 2 heterocycles. The van der Waals surface area contributed by atoms with Crippen molar-refractivity contribution in [2.45, 2.75) is 25.7 Å². The number of esters is 1. The molecular weight excluding hydrogens is 362 g/mol. The Labute approximate surface area is 162 Å². The second-order valence-electron chi connectivity index (χ2n) is 6.37. The number of nitrogens with zero attached hydrogens (tertiary/aromatic N) is 3. The van der Waals surface area contributed by atoms with Gasteiger partial charge in [0.25, 0.3) is 0 Å². The highest BCUT2D eigenvalue weighted by molar-refractivity contribution is 5.93. The molecule has 0 unspecified atom stereocenters. The number of aromatic nitrogens is 2. The predicted octanol–water partition coefficient (Wildman–Crippen LogP) is 3.34. The average molecular weight is 383 g/mol. The zero-order valence-corrected chi connectivity index (χ0v) is 15.9. The molecule has 3 aromatic rings. The number of hydrogen-bond donors (Lipinski definition) is 0. The predicted molar refractivity (Wildman–Crippen MR) is 101 cm³/mol. The molecule has 1 amide bonds. The highest BCUT2D eigenvalue weighted by atomic mass is 16.5. The smallest absolute Gasteiger partial charge is 0.306 e. The van der Waals surface area contributed by atoms with Crippen molar-refractivity contribution in [3.05, 3.63) is 54.0 Å². The van der Waals surface area contributed by atoms with Gasteiger partial charge in [-0.25, -0.2) is 0 Å². The minimum atomic E-state index is -0.515. The van der Waals surface area contributed by atoms with Crippen LogP contribution in [0.25, 0.3) is 11.4 Å². The first-order valence-corrected chi connectivity index (χ1v) is 8.76. The molecule has 1 atom stereocenters. The molecule has 0 aliphatic heterocycles. The minimum Gasteiger partial charge on any atom is -0.469 e. The number of ether oxygens (including phenoxy) is 1. The summed E-state index contributed by atoms with van der Waals surface area (Å²) in [5.74, 6) is -0.643. The lowest BCUT2D eigenvalue weighted by Crippen LogP contribution is -2.28. The highest BCUT2D eigenvalue weighted by Gasteiger charge is 2.29. The fourth-order valence-electron chi connectivity index (χ4n) is 2.99. The number of methoxy groups -OCH3 is 1. The summed E-state index contributed by atoms with van der Waals surface area (Å²) in [5.41, 5.74) is 2.51. The van der Waals surface area contributed by atoms with Gasteiger partial charge < -0.3 is 18.7 Å². The molecular formula is C20H21N3O5. The van der Waals surface area contributed by atoms with Gasteiger partial charge in [0.05, 0.1) is 13.5 Å². The van der Waals surface area contributed by atoms with Crippen LogP contribution in [0.3, 0.4) is 0 Å². The van der Waals surface area contributed by atoms with Crippen molar-refractivity contribution in [1.82, 2.24) is 10.3 Å². The van der Waals surface area contributed by atoms with Crippen LogP contribution < -0.4 is 4.90 Å². The van der Waals surface area contributed by atoms with Gasteiger partial charge in [0.1, 0.15) is 23.4 Å². The quantitative estimate of drug-likeness (QED) is 0.577. The Balaban J connectivity index is 1.85. The Morgan fingerprint density at radius 2 is 1.89 bits per heavy atom. The van der Waals surface area contributed by atoms with E-state index in [1.165, 1.54) is 13.4 Å². The molecule has 28 heavy (non-hydrogen) atoms. The van der Waals surface area contributed by atoms with E-state index in [4.69, 9.17) is 13.8 Å². The Kier molecular flexibility index (Phi) is 5.88. The molecule has 0 bridgehead atoms. The van der Waals surface area contributed by atoms with E-state index in [1.54, 1.807) is 18.0 Å². The van der Waals surface area contributed by atoms with Crippen LogP contribution in [0, 0.1) is 6.92 Å². The standard InChI is InChI=1S/C20H21N3O5/c1-13-19(16-9-10-27-21-16)22-28-20(13)14(12-18(25)26-3)11-17(24)23(2)15-7-5-4-6-8-15/h4-10,14H,11-12H2,1-3H3/t14-/m1/s1. The molecule has 0 saturated carbocycles. The van der Waals surface area contributed by atoms with Crippen LogP contribution in [-0.4, -0.2) is 36.3 Å². The minimum absolute atomic E-state index is 0.000835. The summed E-state index contributed by atoms with van der Waals surface area (Å²) in [7, 11) is 3.01. The molecule has 0 fully saturated rings. The van der Waals surface area contributed by atoms with Gasteiger partial charge in [-0.3, -0.25) is 9.59 Å². The second kappa shape index (κ2) is 8.51. The van der Waals surface area contributed by atoms with E-state index in [0.29, 0.717) is 22.7 Å². The van der Waals surface area contributed by atoms with Crippen LogP contribution in [0.1, 0.15) is 30.1 Å². The molecule has 0 aliphatic carbocycles. The van der Waals surface area contributed by atoms with Gasteiger partial charge in [-0.15, -0.1) is 0 Å². The van der Waals surface area contributed by atoms with E-state index in [9.17, 15) is 9.59 Å². The van der Waals surface area contributed by atoms with Gasteiger partial charge in [-0.2, -0.15) is 0 Å². The third-order valence-corrected chi connectivity index (χ3v) is 4.59. The number of anilines is 1. The topological polar surface area (TPSA) is 98.7 Å². The van der Waals surface area contributed by atoms with Crippen LogP contribution in [-0.2, 0) is 14.3 Å². The summed E-state index contributed by atoms with van der Waals surface area (Å²) in [6.45, 7) is 1.81. The number of carbonyl (C=O) groups excluding carboxylic acids is 2. The average Bonchev–Trinajstić information content (AvgIpc) is 3.36. The summed E-state index contributed by atoms with van der Waals surface area (Å²) in [6, 6.07) is 10.9. The zero-order chi connectivity index (χ0) is 20.1. The summed E-state index contributed by atoms with van der Waals surface area (Å²) in [4.78, 5) is 26.3. The Hall–Kier alpha value is -3.42. The SMILES string of the molecule is COC(=O)C[C@@H](CC(=O)N(C)c1ccccc1)c1onc(-c2ccon2)c1C. The fourth-order valence-corrected chi connectivity index (χ4v) is 2.99. The number of hydrogen-bond acceptors (Lipinski definition) is 7. The van der Waals surface area contributed by atoms with E-state index in [-0.39, 0.29) is 18.7 Å². The lowest BCUT2D eigenvalue weighted by Gasteiger charge is -2.20. The Bertz CT molecular complexity index is 934. The summed E-state index contributed by atoms with van der Waals surface area (Å²) >= 11 is 0. The Morgan fingerprint density at radius 1 is 1.14 bits per heavy atom. The molecule has 0 spiro atoms. The summed E-state index contributed by atoms with van der Waals surface area (Å²) in [5, 5.41) is 7.91. The number of para-hydroxylation sites is 1. The van der Waals surface area contributed by atoms with Crippen LogP contribution in [0.15, 0.2) is 51.7 Å². The van der Waals surface area contributed by atoms with Crippen molar-refractivity contribution in [2.24, 2.45) is 0 Å². The first kappa shape index (κ1) is 19.3. The van der Waals surface area contributed by atoms with Gasteiger partial charge >= 0.3 is 5.97 Å². The molecule has 0 saturated heterocycles. The monoisotopic (exact) mass is 383 g/mol. The zero-order valence-electron chi connectivity index (χ0n) is 15.9. The van der Waals surface area contributed by atoms with Crippen molar-refractivity contribution in [3.8, 4) is 11.4 Å². The first-order valence-electron chi connectivity index (χ1n) is 8.76. The lowest BCUT2D eigenvalue weighted by molar-refractivity contribution is -0.141. The van der Waals surface area contributed by atoms with E-state index in [1.807, 2.05) is 37.3 Å². The third kappa shape index (κ3) is 4.11. The van der Waals surface area contributed by atoms with Gasteiger partial charge in [0.15, 0.2) is 0 Å². The van der Waals surface area contributed by atoms with Crippen LogP contribution in [0.4, 0.5) is 5.69 Å². The van der Waals surface area contributed by atoms with E-state index in [2.05, 4.69) is 10.3 Å². The maximum absolute atomic E-state index is 12.8. The Morgan fingerprint density at radius 3 is 2.54 bits per heavy atom. The van der Waals surface area contributed by atoms with Crippen LogP contribution in [0.2, 0.25) is 0 Å². The van der Waals surface area contributed by atoms with Crippen molar-refractivity contribution in [1.29, 1.82) is 0 Å². The number of benzene rings is 1. The van der Waals surface area contributed by atoms with E-state index in [0.717, 1.165) is 5.69 Å². The molecule has 2 aromatic heterocycles. The maximum atomic E-state index is 12.8. The molecule has 0 N–H and O–H groups in total. The van der Waals surface area contributed by atoms with Gasteiger partial charge in [-0.05, 0) is 19.1 Å². The number of carbonyl (C=O) groups is 2. The first-order chi connectivity index (χ1) is 13.5. The van der Waals surface area contributed by atoms with Crippen LogP contribution in [0.5, 0.6) is 0 Å². The maximum Gasteiger partial charge on any atom is 0.306 e. The summed E-state index contributed by atoms with van der Waals surface area (Å²) in [6.07, 6.45) is 1.50. The normalized spacial score (nSPS) is 11.8. The van der Waals surface area contributed by atoms with E-state index >= 15 is 0 Å². The van der Waals surface area contributed by atoms with Gasteiger partial charge in [0, 0.05) is 36.7 Å². The molecule has 3 rings (SSSR count). The molecule has 8 heteroatoms. The highest BCUT2D eigenvalue weighted by Crippen LogP contribution is 2.33. The molecule has 0 radical (unpaired) electrons. The van der Waals surface area contributed by atoms with Gasteiger partial charge in [-0.1, -0.05) is 28.5 Å². The summed E-state index contributed by atoms with van der Waals surface area (Å²) < 4.78 is 15.2. The lowest BCUT2D eigenvalue weighted by atomic mass is 9.94. The van der Waals surface area contributed by atoms with Crippen molar-refractivity contribution in [3.63, 3.8) is 0 Å². The largest absolute Gasteiger partial charge is 0.469 e. The molecule has 8 nitrogen and oxygen atoms in total. The van der Waals surface area contributed by atoms with Gasteiger partial charge in [0.2, 0.25) is 5.91 Å². The molecule has 1 aromatic carbocycles. The fraction of sp³-hybridized carbons (Fsp3) is 0.300.